The van der Waals surface area contributed by atoms with Crippen molar-refractivity contribution < 1.29 is 37.4 Å². The molecule has 1 aliphatic rings. The number of halogens is 1. The van der Waals surface area contributed by atoms with Crippen LogP contribution in [0.15, 0.2) is 124 Å². The van der Waals surface area contributed by atoms with Crippen molar-refractivity contribution in [2.75, 3.05) is 11.1 Å². The van der Waals surface area contributed by atoms with Crippen molar-refractivity contribution in [1.29, 1.82) is 0 Å². The van der Waals surface area contributed by atoms with E-state index in [4.69, 9.17) is 32.6 Å². The highest BCUT2D eigenvalue weighted by Gasteiger charge is 2.32. The van der Waals surface area contributed by atoms with Crippen molar-refractivity contribution >= 4 is 84.5 Å². The number of imidazole rings is 1. The number of phenols is 1. The first-order chi connectivity index (χ1) is 33.7. The zero-order valence-corrected chi connectivity index (χ0v) is 41.8. The van der Waals surface area contributed by atoms with E-state index in [1.807, 2.05) is 61.0 Å². The molecule has 0 saturated carbocycles. The summed E-state index contributed by atoms with van der Waals surface area (Å²) in [6.07, 6.45) is 5.96. The number of ketones is 1. The topological polar surface area (TPSA) is 302 Å². The smallest absolute Gasteiger partial charge is 0.318 e. The molecule has 2 atom stereocenters. The quantitative estimate of drug-likeness (QED) is 0.0257. The van der Waals surface area contributed by atoms with E-state index in [1.54, 1.807) is 37.4 Å². The minimum absolute atomic E-state index is 0.0144. The number of aromatic nitrogens is 4. The highest BCUT2D eigenvalue weighted by Crippen LogP contribution is 2.34. The number of carbonyl (C=O) groups excluding carboxylic acids is 2. The lowest BCUT2D eigenvalue weighted by atomic mass is 9.85. The van der Waals surface area contributed by atoms with Gasteiger partial charge in [-0.1, -0.05) is 60.7 Å². The third-order valence-electron chi connectivity index (χ3n) is 10.8. The molecule has 18 nitrogen and oxygen atoms in total. The molecular weight excluding hydrogens is 970 g/mol. The number of nitrogens with zero attached hydrogens (tertiary/aromatic N) is 6. The standard InChI is InChI=1S/C18H19N3O.C15H13FO2.C8H15N7O2S3.C8H9NO2/c1-12-19-9-10-21(12)11-13-7-8-16-17(18(13)22)14-5-3-4-6-15(14)20(16)2;1-10(15(17)18)12-7-8-13(14(16)9-12)11-5-3-2-4-6-11;9-6(15-20(12,16)17)1-2-18-3-5-4-19-8(13-5)14-7(10)11;1-6(10)9-7-2-4-8(11)5-3-7/h3-6,9-10,13H,7-8,11H2,1-2H3;2-10H,1H3,(H,17,18);4H,1-3H2,(H2,9,15)(H2,12,16,17)(H4,10,11,13,14);2-5,11H,1H3,(H,9,10). The molecule has 0 spiro atoms. The maximum absolute atomic E-state index is 14.0. The van der Waals surface area contributed by atoms with Gasteiger partial charge in [0.2, 0.25) is 11.0 Å². The zero-order valence-electron chi connectivity index (χ0n) is 39.4. The van der Waals surface area contributed by atoms with Gasteiger partial charge in [-0.05, 0) is 74.2 Å². The molecule has 0 saturated heterocycles. The van der Waals surface area contributed by atoms with Gasteiger partial charge in [-0.15, -0.1) is 15.7 Å². The number of aromatic hydroxyl groups is 1. The van der Waals surface area contributed by atoms with Gasteiger partial charge in [-0.2, -0.15) is 25.2 Å². The fourth-order valence-corrected chi connectivity index (χ4v) is 9.38. The van der Waals surface area contributed by atoms with E-state index in [9.17, 15) is 27.2 Å². The maximum Gasteiger partial charge on any atom is 0.318 e. The number of nitrogens with one attached hydrogen (secondary N) is 1. The van der Waals surface area contributed by atoms with Gasteiger partial charge in [0.05, 0.1) is 11.6 Å². The van der Waals surface area contributed by atoms with Gasteiger partial charge in [-0.3, -0.25) is 14.4 Å². The van der Waals surface area contributed by atoms with Gasteiger partial charge in [0.25, 0.3) is 0 Å². The number of carboxylic acids is 1. The van der Waals surface area contributed by atoms with E-state index in [1.165, 1.54) is 53.9 Å². The highest BCUT2D eigenvalue weighted by molar-refractivity contribution is 7.98. The second-order valence-electron chi connectivity index (χ2n) is 16.1. The number of amides is 1. The molecular formula is C49H56FN11O7S3. The molecule has 0 bridgehead atoms. The van der Waals surface area contributed by atoms with Gasteiger partial charge in [0, 0.05) is 95.5 Å². The number of hydrogen-bond donors (Lipinski definition) is 7. The van der Waals surface area contributed by atoms with Gasteiger partial charge >= 0.3 is 16.2 Å². The summed E-state index contributed by atoms with van der Waals surface area (Å²) < 4.78 is 42.7. The monoisotopic (exact) mass is 1030 g/mol. The average Bonchev–Trinajstić information content (AvgIpc) is 4.03. The summed E-state index contributed by atoms with van der Waals surface area (Å²) in [5.74, 6) is 0.505. The van der Waals surface area contributed by atoms with Crippen molar-refractivity contribution in [3.8, 4) is 16.9 Å². The van der Waals surface area contributed by atoms with Crippen molar-refractivity contribution in [2.45, 2.75) is 58.2 Å². The first-order valence-electron chi connectivity index (χ1n) is 21.9. The Morgan fingerprint density at radius 2 is 1.72 bits per heavy atom. The molecule has 0 aliphatic heterocycles. The molecule has 1 amide bonds. The molecule has 7 aromatic rings. The van der Waals surface area contributed by atoms with Crippen LogP contribution in [0.1, 0.15) is 65.7 Å². The molecule has 22 heteroatoms. The van der Waals surface area contributed by atoms with E-state index in [0.717, 1.165) is 52.9 Å². The Hall–Kier alpha value is -7.40. The van der Waals surface area contributed by atoms with E-state index in [-0.39, 0.29) is 35.2 Å². The molecule has 8 rings (SSSR count). The van der Waals surface area contributed by atoms with Crippen molar-refractivity contribution in [1.82, 2.24) is 19.1 Å². The van der Waals surface area contributed by atoms with Crippen LogP contribution in [-0.4, -0.2) is 72.9 Å². The Labute approximate surface area is 418 Å². The number of Topliss-reactive ketones (excluding diaryl/α,β-unsaturated/α-hetero) is 1. The number of carbonyl (C=O) groups is 3. The second-order valence-corrected chi connectivity index (χ2v) is 19.2. The number of para-hydroxylation sites is 1. The minimum atomic E-state index is -3.92. The maximum atomic E-state index is 14.0. The summed E-state index contributed by atoms with van der Waals surface area (Å²) in [6.45, 7) is 5.69. The van der Waals surface area contributed by atoms with E-state index in [2.05, 4.69) is 53.0 Å². The number of phenolic OH excluding ortho intramolecular Hbond substituents is 1. The lowest BCUT2D eigenvalue weighted by Gasteiger charge is -2.23. The Bertz CT molecular complexity index is 3120. The zero-order chi connectivity index (χ0) is 51.8. The SMILES string of the molecule is CC(=O)Nc1ccc(O)cc1.CC(C(=O)O)c1ccc(-c2ccccc2)c(F)c1.Cc1nccn1CC1CCc2c(c3ccccc3n2C)C1=O.NC(N)=Nc1nc(CSCC/C(N)=N/S(N)(=O)=O)cs1. The largest absolute Gasteiger partial charge is 0.508 e. The van der Waals surface area contributed by atoms with Gasteiger partial charge in [0.15, 0.2) is 11.7 Å². The summed E-state index contributed by atoms with van der Waals surface area (Å²) in [5.41, 5.74) is 22.4. The van der Waals surface area contributed by atoms with E-state index >= 15 is 0 Å². The normalized spacial score (nSPS) is 13.5. The van der Waals surface area contributed by atoms with Gasteiger partial charge in [-0.25, -0.2) is 19.5 Å². The number of fused-ring (bicyclic) bond motifs is 3. The number of nitrogens with two attached hydrogens (primary N) is 4. The van der Waals surface area contributed by atoms with Gasteiger partial charge < -0.3 is 41.9 Å². The second kappa shape index (κ2) is 25.5. The molecule has 3 heterocycles. The van der Waals surface area contributed by atoms with Crippen LogP contribution in [0.3, 0.4) is 0 Å². The Morgan fingerprint density at radius 1 is 1.03 bits per heavy atom. The molecule has 0 fully saturated rings. The fraction of sp³-hybridized carbons (Fsp3) is 0.245. The number of thiazole rings is 1. The molecule has 0 radical (unpaired) electrons. The number of carboxylic acid groups (broad SMARTS) is 1. The molecule has 2 unspecified atom stereocenters. The fourth-order valence-electron chi connectivity index (χ4n) is 7.30. The number of guanidine groups is 1. The van der Waals surface area contributed by atoms with Crippen molar-refractivity contribution in [3.05, 3.63) is 149 Å². The van der Waals surface area contributed by atoms with Crippen LogP contribution in [-0.2, 0) is 45.6 Å². The van der Waals surface area contributed by atoms with E-state index in [0.29, 0.717) is 39.9 Å². The summed E-state index contributed by atoms with van der Waals surface area (Å²) >= 11 is 2.86. The molecule has 71 heavy (non-hydrogen) atoms. The third-order valence-corrected chi connectivity index (χ3v) is 13.1. The summed E-state index contributed by atoms with van der Waals surface area (Å²) in [5, 5.41) is 28.5. The summed E-state index contributed by atoms with van der Waals surface area (Å²) in [6, 6.07) is 28.3. The summed E-state index contributed by atoms with van der Waals surface area (Å²) in [4.78, 5) is 46.7. The number of amidine groups is 1. The van der Waals surface area contributed by atoms with Crippen LogP contribution in [0.5, 0.6) is 5.75 Å². The number of hydrogen-bond acceptors (Lipinski definition) is 11. The van der Waals surface area contributed by atoms with Gasteiger partial charge in [0.1, 0.15) is 23.2 Å². The van der Waals surface area contributed by atoms with Crippen molar-refractivity contribution in [3.63, 3.8) is 0 Å². The number of rotatable bonds is 13. The Kier molecular flexibility index (Phi) is 19.6. The van der Waals surface area contributed by atoms with Crippen LogP contribution in [0.2, 0.25) is 0 Å². The van der Waals surface area contributed by atoms with Crippen molar-refractivity contribution in [2.24, 2.45) is 44.7 Å². The lowest BCUT2D eigenvalue weighted by Crippen LogP contribution is -2.27. The first kappa shape index (κ1) is 54.5. The molecule has 4 aromatic carbocycles. The number of benzene rings is 4. The van der Waals surface area contributed by atoms with E-state index < -0.39 is 27.9 Å². The highest BCUT2D eigenvalue weighted by atomic mass is 32.2. The summed E-state index contributed by atoms with van der Waals surface area (Å²) in [7, 11) is -1.85. The van der Waals surface area contributed by atoms with Crippen LogP contribution in [0.4, 0.5) is 15.2 Å². The number of anilines is 1. The predicted molar refractivity (Wildman–Crippen MR) is 279 cm³/mol. The third kappa shape index (κ3) is 16.3. The predicted octanol–water partition coefficient (Wildman–Crippen LogP) is 7.39. The number of aryl methyl sites for hydroxylation is 2. The Morgan fingerprint density at radius 3 is 2.34 bits per heavy atom. The molecule has 3 aromatic heterocycles. The van der Waals surface area contributed by atoms with Crippen LogP contribution >= 0.6 is 23.1 Å². The number of aliphatic imine (C=N–C) groups is 1. The number of aliphatic carboxylic acids is 1. The van der Waals surface area contributed by atoms with Crippen LogP contribution in [0, 0.1) is 18.7 Å². The van der Waals surface area contributed by atoms with Crippen LogP contribution in [0.25, 0.3) is 22.0 Å². The minimum Gasteiger partial charge on any atom is -0.508 e. The first-order valence-corrected chi connectivity index (χ1v) is 25.5. The molecule has 1 aliphatic carbocycles. The molecule has 11 N–H and O–H groups in total. The van der Waals surface area contributed by atoms with Crippen LogP contribution < -0.4 is 27.7 Å². The average molecular weight is 1030 g/mol. The lowest BCUT2D eigenvalue weighted by molar-refractivity contribution is -0.138. The molecule has 374 valence electrons. The number of thioether (sulfide) groups is 1. The Balaban J connectivity index is 0.000000181.